The number of rotatable bonds is 4. The minimum Gasteiger partial charge on any atom is -0.366 e. The summed E-state index contributed by atoms with van der Waals surface area (Å²) in [4.78, 5) is 2.50. The van der Waals surface area contributed by atoms with Crippen molar-refractivity contribution < 1.29 is 16.8 Å². The molecule has 0 saturated carbocycles. The van der Waals surface area contributed by atoms with Gasteiger partial charge in [0.25, 0.3) is 0 Å². The minimum absolute atomic E-state index is 0.0310. The second-order valence-electron chi connectivity index (χ2n) is 10.2. The Bertz CT molecular complexity index is 1230. The summed E-state index contributed by atoms with van der Waals surface area (Å²) in [7, 11) is -6.55. The maximum Gasteiger partial charge on any atom is 0.243 e. The van der Waals surface area contributed by atoms with Gasteiger partial charge in [0.2, 0.25) is 10.0 Å². The molecule has 1 aromatic carbocycles. The van der Waals surface area contributed by atoms with Gasteiger partial charge in [-0.25, -0.2) is 16.8 Å². The molecule has 2 fully saturated rings. The molecular formula is C23H34N4O4S2. The Balaban J connectivity index is 1.48. The Morgan fingerprint density at radius 2 is 1.61 bits per heavy atom. The second kappa shape index (κ2) is 8.39. The zero-order valence-electron chi connectivity index (χ0n) is 20.1. The van der Waals surface area contributed by atoms with Crippen molar-refractivity contribution in [3.8, 4) is 0 Å². The largest absolute Gasteiger partial charge is 0.366 e. The van der Waals surface area contributed by atoms with Crippen molar-refractivity contribution in [2.45, 2.75) is 57.4 Å². The highest BCUT2D eigenvalue weighted by Gasteiger charge is 2.34. The van der Waals surface area contributed by atoms with Crippen molar-refractivity contribution >= 4 is 25.5 Å². The summed E-state index contributed by atoms with van der Waals surface area (Å²) in [5.41, 5.74) is 3.86. The van der Waals surface area contributed by atoms with Gasteiger partial charge in [-0.3, -0.25) is 4.68 Å². The number of piperazine rings is 1. The van der Waals surface area contributed by atoms with Crippen LogP contribution in [-0.4, -0.2) is 68.6 Å². The first-order valence-electron chi connectivity index (χ1n) is 11.4. The van der Waals surface area contributed by atoms with Crippen LogP contribution >= 0.6 is 0 Å². The second-order valence-corrected chi connectivity index (χ2v) is 14.4. The van der Waals surface area contributed by atoms with Crippen LogP contribution < -0.4 is 4.90 Å². The summed E-state index contributed by atoms with van der Waals surface area (Å²) >= 11 is 0. The van der Waals surface area contributed by atoms with Crippen molar-refractivity contribution in [2.24, 2.45) is 0 Å². The molecule has 0 amide bonds. The lowest BCUT2D eigenvalue weighted by molar-refractivity contribution is 0.384. The van der Waals surface area contributed by atoms with Gasteiger partial charge in [-0.15, -0.1) is 0 Å². The molecule has 2 aliphatic rings. The first-order chi connectivity index (χ1) is 15.3. The molecule has 0 bridgehead atoms. The van der Waals surface area contributed by atoms with Gasteiger partial charge >= 0.3 is 0 Å². The average molecular weight is 495 g/mol. The van der Waals surface area contributed by atoms with E-state index in [1.54, 1.807) is 16.4 Å². The van der Waals surface area contributed by atoms with Crippen LogP contribution in [0.25, 0.3) is 0 Å². The van der Waals surface area contributed by atoms with E-state index < -0.39 is 19.9 Å². The van der Waals surface area contributed by atoms with Crippen molar-refractivity contribution in [1.29, 1.82) is 0 Å². The molecule has 2 aliphatic heterocycles. The van der Waals surface area contributed by atoms with Gasteiger partial charge < -0.3 is 4.90 Å². The summed E-state index contributed by atoms with van der Waals surface area (Å²) < 4.78 is 53.6. The maximum atomic E-state index is 13.2. The lowest BCUT2D eigenvalue weighted by atomic mass is 9.87. The first kappa shape index (κ1) is 24.2. The highest BCUT2D eigenvalue weighted by molar-refractivity contribution is 7.91. The van der Waals surface area contributed by atoms with Crippen LogP contribution in [0.2, 0.25) is 0 Å². The van der Waals surface area contributed by atoms with Gasteiger partial charge in [-0.2, -0.15) is 9.40 Å². The van der Waals surface area contributed by atoms with Crippen molar-refractivity contribution in [2.75, 3.05) is 42.6 Å². The molecule has 8 nitrogen and oxygen atoms in total. The fourth-order valence-electron chi connectivity index (χ4n) is 4.86. The molecule has 0 radical (unpaired) electrons. The van der Waals surface area contributed by atoms with E-state index in [-0.39, 0.29) is 23.0 Å². The lowest BCUT2D eigenvalue weighted by Crippen LogP contribution is -2.49. The van der Waals surface area contributed by atoms with Crippen LogP contribution in [0.4, 0.5) is 5.69 Å². The molecule has 1 unspecified atom stereocenters. The highest BCUT2D eigenvalue weighted by atomic mass is 32.2. The van der Waals surface area contributed by atoms with Crippen LogP contribution in [0.15, 0.2) is 29.2 Å². The minimum atomic E-state index is -3.55. The highest BCUT2D eigenvalue weighted by Crippen LogP contribution is 2.32. The van der Waals surface area contributed by atoms with Crippen LogP contribution in [0, 0.1) is 13.8 Å². The molecule has 3 heterocycles. The van der Waals surface area contributed by atoms with Crippen LogP contribution in [0.3, 0.4) is 0 Å². The molecule has 0 spiro atoms. The number of benzene rings is 1. The fourth-order valence-corrected chi connectivity index (χ4v) is 7.98. The first-order valence-corrected chi connectivity index (χ1v) is 14.7. The van der Waals surface area contributed by atoms with E-state index in [9.17, 15) is 16.8 Å². The molecule has 2 saturated heterocycles. The zero-order chi connectivity index (χ0) is 24.2. The number of hydrogen-bond acceptors (Lipinski definition) is 6. The monoisotopic (exact) mass is 494 g/mol. The number of sulfone groups is 1. The Morgan fingerprint density at radius 1 is 1.00 bits per heavy atom. The number of aromatic nitrogens is 2. The molecule has 0 N–H and O–H groups in total. The fraction of sp³-hybridized carbons (Fsp3) is 0.609. The number of nitrogens with zero attached hydrogens (tertiary/aromatic N) is 4. The third-order valence-corrected chi connectivity index (χ3v) is 10.4. The van der Waals surface area contributed by atoms with Gasteiger partial charge in [0, 0.05) is 26.2 Å². The van der Waals surface area contributed by atoms with Gasteiger partial charge in [0.05, 0.1) is 39.5 Å². The van der Waals surface area contributed by atoms with E-state index >= 15 is 0 Å². The summed E-state index contributed by atoms with van der Waals surface area (Å²) in [5.74, 6) is 0.340. The van der Waals surface area contributed by atoms with Gasteiger partial charge in [0.15, 0.2) is 9.84 Å². The van der Waals surface area contributed by atoms with Gasteiger partial charge in [-0.1, -0.05) is 32.9 Å². The van der Waals surface area contributed by atoms with E-state index in [1.165, 1.54) is 0 Å². The van der Waals surface area contributed by atoms with E-state index in [0.29, 0.717) is 37.5 Å². The number of aryl methyl sites for hydroxylation is 1. The molecule has 0 aliphatic carbocycles. The van der Waals surface area contributed by atoms with Crippen LogP contribution in [0.1, 0.15) is 50.2 Å². The quantitative estimate of drug-likeness (QED) is 0.649. The van der Waals surface area contributed by atoms with E-state index in [2.05, 4.69) is 30.8 Å². The van der Waals surface area contributed by atoms with E-state index in [1.807, 2.05) is 30.7 Å². The number of sulfonamides is 1. The van der Waals surface area contributed by atoms with Gasteiger partial charge in [-0.05, 0) is 43.4 Å². The molecule has 2 aromatic rings. The molecule has 4 rings (SSSR count). The summed E-state index contributed by atoms with van der Waals surface area (Å²) in [6, 6.07) is 7.08. The van der Waals surface area contributed by atoms with E-state index in [4.69, 9.17) is 0 Å². The Kier molecular flexibility index (Phi) is 6.16. The number of anilines is 1. The summed E-state index contributed by atoms with van der Waals surface area (Å²) in [5, 5.41) is 4.65. The number of hydrogen-bond donors (Lipinski definition) is 0. The average Bonchev–Trinajstić information content (AvgIpc) is 3.25. The van der Waals surface area contributed by atoms with Crippen molar-refractivity contribution in [1.82, 2.24) is 14.1 Å². The predicted molar refractivity (Wildman–Crippen MR) is 130 cm³/mol. The lowest BCUT2D eigenvalue weighted by Gasteiger charge is -2.35. The molecule has 1 aromatic heterocycles. The molecule has 33 heavy (non-hydrogen) atoms. The zero-order valence-corrected chi connectivity index (χ0v) is 21.7. The molecule has 182 valence electrons. The van der Waals surface area contributed by atoms with E-state index in [0.717, 1.165) is 22.6 Å². The van der Waals surface area contributed by atoms with Crippen molar-refractivity contribution in [3.63, 3.8) is 0 Å². The predicted octanol–water partition coefficient (Wildman–Crippen LogP) is 2.67. The summed E-state index contributed by atoms with van der Waals surface area (Å²) in [6.45, 7) is 12.1. The smallest absolute Gasteiger partial charge is 0.243 e. The van der Waals surface area contributed by atoms with Gasteiger partial charge in [0.1, 0.15) is 0 Å². The third kappa shape index (κ3) is 4.70. The normalized spacial score (nSPS) is 22.1. The van der Waals surface area contributed by atoms with Crippen LogP contribution in [0.5, 0.6) is 0 Å². The standard InChI is InChI=1S/C23H34N4O4S2/c1-17-22(18(2)27(24-17)20-10-15-32(28,29)16-20)25-11-13-26(14-12-25)33(30,31)21-8-6-19(7-9-21)23(3,4)5/h6-9,20H,10-16H2,1-5H3. The Morgan fingerprint density at radius 3 is 2.12 bits per heavy atom. The molecule has 10 heteroatoms. The Hall–Kier alpha value is -1.91. The Labute approximate surface area is 197 Å². The van der Waals surface area contributed by atoms with Crippen LogP contribution in [-0.2, 0) is 25.3 Å². The molecular weight excluding hydrogens is 460 g/mol. The van der Waals surface area contributed by atoms with Crippen molar-refractivity contribution in [3.05, 3.63) is 41.2 Å². The maximum absolute atomic E-state index is 13.2. The summed E-state index contributed by atoms with van der Waals surface area (Å²) in [6.07, 6.45) is 0.587. The topological polar surface area (TPSA) is 92.6 Å². The SMILES string of the molecule is Cc1nn(C2CCS(=O)(=O)C2)c(C)c1N1CCN(S(=O)(=O)c2ccc(C(C)(C)C)cc2)CC1. The molecule has 1 atom stereocenters. The third-order valence-electron chi connectivity index (χ3n) is 6.75.